The number of allylic oxidation sites excluding steroid dienone is 2. The fourth-order valence-electron chi connectivity index (χ4n) is 12.6. The Morgan fingerprint density at radius 2 is 1.52 bits per heavy atom. The summed E-state index contributed by atoms with van der Waals surface area (Å²) in [5.41, 5.74) is -0.674. The number of alkyl carbamates (subject to hydrolysis) is 1. The lowest BCUT2D eigenvalue weighted by Crippen LogP contribution is -2.50. The molecule has 2 aromatic rings. The summed E-state index contributed by atoms with van der Waals surface area (Å²) in [6, 6.07) is -1.38. The van der Waals surface area contributed by atoms with Crippen LogP contribution in [0.5, 0.6) is 17.2 Å². The molecule has 10 N–H and O–H groups in total. The number of hydrogen-bond donors (Lipinski definition) is 10. The van der Waals surface area contributed by atoms with Gasteiger partial charge in [-0.25, -0.2) is 9.79 Å². The monoisotopic (exact) mass is 1420 g/mol. The Hall–Kier alpha value is -7.34. The average molecular weight is 1420 g/mol. The van der Waals surface area contributed by atoms with Gasteiger partial charge >= 0.3 is 45.0 Å². The number of fused-ring (bicyclic) bond motifs is 13. The number of phenols is 2. The molecule has 1 fully saturated rings. The summed E-state index contributed by atoms with van der Waals surface area (Å²) >= 11 is 0. The number of rotatable bonds is 23. The Morgan fingerprint density at radius 3 is 2.13 bits per heavy atom. The molecule has 98 heavy (non-hydrogen) atoms. The minimum atomic E-state index is -5.25. The van der Waals surface area contributed by atoms with Crippen molar-refractivity contribution in [3.8, 4) is 17.2 Å². The maximum absolute atomic E-state index is 15.0. The molecule has 0 aliphatic carbocycles. The van der Waals surface area contributed by atoms with Crippen molar-refractivity contribution in [1.82, 2.24) is 20.4 Å². The molecule has 2 aromatic carbocycles. The molecule has 7 rings (SSSR count). The van der Waals surface area contributed by atoms with Crippen LogP contribution in [-0.4, -0.2) is 193 Å². The molecule has 5 aliphatic rings. The number of amides is 4. The summed E-state index contributed by atoms with van der Waals surface area (Å²) in [6.45, 7) is 18.4. The first-order chi connectivity index (χ1) is 45.8. The molecule has 0 radical (unpaired) electrons. The zero-order valence-corrected chi connectivity index (χ0v) is 59.4. The van der Waals surface area contributed by atoms with Crippen LogP contribution in [0.15, 0.2) is 46.1 Å². The number of nitrogens with zero attached hydrogens (tertiary/aromatic N) is 4. The van der Waals surface area contributed by atoms with E-state index in [4.69, 9.17) is 38.2 Å². The van der Waals surface area contributed by atoms with E-state index in [-0.39, 0.29) is 81.9 Å². The number of anilines is 1. The molecule has 1 saturated heterocycles. The average Bonchev–Trinajstić information content (AvgIpc) is 1.51. The van der Waals surface area contributed by atoms with Gasteiger partial charge < -0.3 is 93.8 Å². The van der Waals surface area contributed by atoms with Crippen molar-refractivity contribution in [1.29, 1.82) is 0 Å². The predicted octanol–water partition coefficient (Wildman–Crippen LogP) is 4.90. The van der Waals surface area contributed by atoms with E-state index in [0.717, 1.165) is 11.4 Å². The molecule has 544 valence electrons. The van der Waals surface area contributed by atoms with E-state index in [9.17, 15) is 77.6 Å². The van der Waals surface area contributed by atoms with Crippen molar-refractivity contribution in [3.63, 3.8) is 0 Å². The molecular weight excluding hydrogens is 1320 g/mol. The van der Waals surface area contributed by atoms with Crippen molar-refractivity contribution < 1.29 is 116 Å². The maximum Gasteiger partial charge on any atom is 0.410 e. The number of methoxy groups -OCH3 is 1. The number of likely N-dealkylation sites (N-methyl/N-ethyl adjacent to an activating group) is 1. The predicted molar refractivity (Wildman–Crippen MR) is 352 cm³/mol. The number of esters is 3. The van der Waals surface area contributed by atoms with Gasteiger partial charge in [0, 0.05) is 120 Å². The standard InChI is InChI=1S/C65H95N7O24P2/c1-14-45(75)91-33-92-63(83)67-42(21-16-15-17-27-66-44(74)22-23-47(97(84,85)86)98(87,88)89)62(82)71(12)32-46(76)95-57-35(4)19-18-20-36(5)61(81)68-53-52-51(69-65(70-52)25-28-72(29-26-65)31-34(2)3)48-49(56(53)79)55(78)40(9)59-50(48)60(80)64(11,96-59)93-30-24-43(90-13)37(6)58(94-41(10)73)39(8)54(77)38(57)7/h18-20,24,30,34-35,37-39,42-43,47,54,57-58,69,77-79H,14-17,21-23,25-29,31-33H2,1-13H3,(H,66,74)(H,67,83)(H2,84,85,86)(H2,87,88,89)/b19-18+,30-24+,36-20-,68-53?/t35-,37+,38-,39+,42+,43-,54+,57-,58+,64-/m0/s1. The highest BCUT2D eigenvalue weighted by Crippen LogP contribution is 2.61. The van der Waals surface area contributed by atoms with Crippen molar-refractivity contribution >= 4 is 79.2 Å². The van der Waals surface area contributed by atoms with Gasteiger partial charge in [-0.15, -0.1) is 0 Å². The summed E-state index contributed by atoms with van der Waals surface area (Å²) in [5.74, 6) is -11.9. The van der Waals surface area contributed by atoms with Gasteiger partial charge in [0.05, 0.1) is 35.1 Å². The van der Waals surface area contributed by atoms with Crippen LogP contribution in [0, 0.1) is 36.5 Å². The lowest BCUT2D eigenvalue weighted by atomic mass is 9.78. The molecule has 0 saturated carbocycles. The SMILES string of the molecule is CCC(=O)OCOC(=O)N[C@H](CCCCCNC(=O)CCC(P(=O)(O)O)P(=O)(O)O)C(=O)N(C)CC(=O)O[C@@H]1[C@@H](C)[C@@H](O)[C@@H](C)[C@H](OC(C)=O)[C@H](C)[C@@H](OC)/C=C/O[C@@]2(C)Oc3c(C)c(O)c4c(O)c(c5c(c4c3C2=O)NC2(CCN(CC(C)C)CC2)N=5)=NC(=O)/C(C)=C\C=C\[C@@H]1C. The summed E-state index contributed by atoms with van der Waals surface area (Å²) < 4.78 is 63.7. The van der Waals surface area contributed by atoms with Gasteiger partial charge in [0.1, 0.15) is 52.7 Å². The second-order valence-electron chi connectivity index (χ2n) is 26.1. The molecule has 5 heterocycles. The highest BCUT2D eigenvalue weighted by atomic mass is 31.2. The van der Waals surface area contributed by atoms with Gasteiger partial charge in [0.15, 0.2) is 11.1 Å². The van der Waals surface area contributed by atoms with Gasteiger partial charge in [0.2, 0.25) is 18.6 Å². The van der Waals surface area contributed by atoms with Crippen LogP contribution in [0.4, 0.5) is 10.5 Å². The van der Waals surface area contributed by atoms with Crippen LogP contribution < -0.4 is 31.4 Å². The van der Waals surface area contributed by atoms with Crippen LogP contribution in [0.1, 0.15) is 143 Å². The van der Waals surface area contributed by atoms with Crippen LogP contribution in [-0.2, 0) is 66.3 Å². The molecule has 33 heteroatoms. The number of phenolic OH excluding ortho intramolecular Hbond substituents is 2. The fraction of sp³-hybridized carbons (Fsp3) is 0.631. The van der Waals surface area contributed by atoms with Crippen molar-refractivity contribution in [2.45, 2.75) is 181 Å². The zero-order valence-electron chi connectivity index (χ0n) is 57.6. The largest absolute Gasteiger partial charge is 0.507 e. The molecule has 0 unspecified atom stereocenters. The molecule has 5 bridgehead atoms. The number of ether oxygens (including phenoxy) is 7. The smallest absolute Gasteiger partial charge is 0.410 e. The van der Waals surface area contributed by atoms with E-state index in [1.807, 2.05) is 0 Å². The molecule has 4 amide bonds. The van der Waals surface area contributed by atoms with Crippen LogP contribution in [0.2, 0.25) is 0 Å². The first kappa shape index (κ1) is 79.6. The highest BCUT2D eigenvalue weighted by Gasteiger charge is 2.51. The number of piperidine rings is 1. The Balaban J connectivity index is 1.34. The third-order valence-corrected chi connectivity index (χ3v) is 21.9. The Kier molecular flexibility index (Phi) is 27.4. The Bertz CT molecular complexity index is 3630. The summed E-state index contributed by atoms with van der Waals surface area (Å²) in [5, 5.41) is 42.6. The van der Waals surface area contributed by atoms with Crippen molar-refractivity contribution in [2.24, 2.45) is 39.6 Å². The summed E-state index contributed by atoms with van der Waals surface area (Å²) in [7, 11) is -7.86. The summed E-state index contributed by atoms with van der Waals surface area (Å²) in [6.07, 6.45) is 1.43. The number of carbonyl (C=O) groups is 8. The third-order valence-electron chi connectivity index (χ3n) is 18.1. The number of nitrogens with one attached hydrogen (secondary N) is 3. The molecule has 10 atom stereocenters. The topological polar surface area (TPSA) is 444 Å². The number of carbonyl (C=O) groups excluding carboxylic acids is 8. The van der Waals surface area contributed by atoms with Gasteiger partial charge in [-0.3, -0.25) is 47.7 Å². The van der Waals surface area contributed by atoms with E-state index in [2.05, 4.69) is 39.7 Å². The van der Waals surface area contributed by atoms with Gasteiger partial charge in [-0.05, 0) is 45.1 Å². The second-order valence-corrected chi connectivity index (χ2v) is 30.2. The number of hydrogen-bond acceptors (Lipinski definition) is 23. The summed E-state index contributed by atoms with van der Waals surface area (Å²) in [4.78, 5) is 159. The van der Waals surface area contributed by atoms with E-state index in [0.29, 0.717) is 38.3 Å². The molecule has 31 nitrogen and oxygen atoms in total. The number of ketones is 1. The number of aliphatic hydroxyl groups excluding tert-OH is 1. The highest BCUT2D eigenvalue weighted by molar-refractivity contribution is 7.70. The number of unbranched alkanes of at least 4 members (excludes halogenated alkanes) is 2. The first-order valence-corrected chi connectivity index (χ1v) is 36.0. The molecular formula is C65H95N7O24P2. The van der Waals surface area contributed by atoms with Crippen LogP contribution in [0.3, 0.4) is 0 Å². The van der Waals surface area contributed by atoms with E-state index >= 15 is 4.79 Å². The second kappa shape index (κ2) is 33.7. The Morgan fingerprint density at radius 1 is 0.867 bits per heavy atom. The third kappa shape index (κ3) is 19.6. The molecule has 0 aromatic heterocycles. The quantitative estimate of drug-likeness (QED) is 0.0176. The lowest BCUT2D eigenvalue weighted by Gasteiger charge is -2.39. The lowest BCUT2D eigenvalue weighted by molar-refractivity contribution is -0.167. The molecule has 1 spiro atoms. The first-order valence-electron chi connectivity index (χ1n) is 32.6. The van der Waals surface area contributed by atoms with Crippen molar-refractivity contribution in [2.75, 3.05) is 59.0 Å². The number of Topliss-reactive ketones (excluding diaryl/α,β-unsaturated/α-hetero) is 1. The number of likely N-dealkylation sites (tertiary alicyclic amines) is 1. The van der Waals surface area contributed by atoms with Gasteiger partial charge in [-0.2, -0.15) is 0 Å². The minimum Gasteiger partial charge on any atom is -0.507 e. The van der Waals surface area contributed by atoms with Crippen LogP contribution in [0.25, 0.3) is 10.8 Å². The minimum absolute atomic E-state index is 0.00637. The van der Waals surface area contributed by atoms with E-state index in [1.54, 1.807) is 33.8 Å². The normalized spacial score (nSPS) is 25.2. The maximum atomic E-state index is 15.0. The van der Waals surface area contributed by atoms with E-state index in [1.165, 1.54) is 73.3 Å². The zero-order chi connectivity index (χ0) is 73.1. The van der Waals surface area contributed by atoms with Crippen molar-refractivity contribution in [3.05, 3.63) is 58.0 Å². The Labute approximate surface area is 568 Å². The fourth-order valence-corrected chi connectivity index (χ4v) is 15.1. The number of aromatic hydroxyl groups is 2. The number of aliphatic hydroxyl groups is 1. The van der Waals surface area contributed by atoms with Gasteiger partial charge in [0.25, 0.3) is 11.7 Å². The van der Waals surface area contributed by atoms with Gasteiger partial charge in [-0.1, -0.05) is 79.5 Å². The van der Waals surface area contributed by atoms with E-state index < -0.39 is 171 Å². The van der Waals surface area contributed by atoms with Crippen LogP contribution >= 0.6 is 15.2 Å². The molecule has 5 aliphatic heterocycles. The number of benzene rings is 2.